The number of nitro benzene ring substituents is 1. The summed E-state index contributed by atoms with van der Waals surface area (Å²) >= 11 is 0. The minimum absolute atomic E-state index is 0.0176. The fraction of sp³-hybridized carbons (Fsp3) is 0.455. The highest BCUT2D eigenvalue weighted by Crippen LogP contribution is 2.25. The lowest BCUT2D eigenvalue weighted by molar-refractivity contribution is -0.383. The second kappa shape index (κ2) is 5.34. The molecule has 0 bridgehead atoms. The van der Waals surface area contributed by atoms with Crippen molar-refractivity contribution in [2.24, 2.45) is 0 Å². The lowest BCUT2D eigenvalue weighted by Crippen LogP contribution is -2.00. The van der Waals surface area contributed by atoms with Gasteiger partial charge in [0.25, 0.3) is 5.69 Å². The molecule has 1 rings (SSSR count). The van der Waals surface area contributed by atoms with E-state index in [4.69, 9.17) is 5.73 Å². The van der Waals surface area contributed by atoms with Crippen molar-refractivity contribution >= 4 is 11.4 Å². The summed E-state index contributed by atoms with van der Waals surface area (Å²) in [4.78, 5) is 10.2. The topological polar surface area (TPSA) is 69.2 Å². The molecule has 4 nitrogen and oxygen atoms in total. The molecule has 0 fully saturated rings. The molecule has 0 amide bonds. The average molecular weight is 208 g/mol. The van der Waals surface area contributed by atoms with Gasteiger partial charge in [0.1, 0.15) is 5.69 Å². The molecule has 0 saturated heterocycles. The van der Waals surface area contributed by atoms with E-state index in [0.29, 0.717) is 5.69 Å². The smallest absolute Gasteiger partial charge is 0.292 e. The molecule has 0 radical (unpaired) electrons. The Bertz CT molecular complexity index is 350. The van der Waals surface area contributed by atoms with Crippen LogP contribution in [0.25, 0.3) is 0 Å². The van der Waals surface area contributed by atoms with Gasteiger partial charge in [0.05, 0.1) is 4.92 Å². The van der Waals surface area contributed by atoms with Gasteiger partial charge in [0, 0.05) is 6.07 Å². The summed E-state index contributed by atoms with van der Waals surface area (Å²) in [5, 5.41) is 10.6. The third-order valence-electron chi connectivity index (χ3n) is 2.42. The van der Waals surface area contributed by atoms with Gasteiger partial charge in [-0.25, -0.2) is 0 Å². The van der Waals surface area contributed by atoms with Crippen molar-refractivity contribution in [2.45, 2.75) is 32.6 Å². The zero-order valence-corrected chi connectivity index (χ0v) is 8.90. The Labute approximate surface area is 89.2 Å². The number of anilines is 1. The Kier molecular flexibility index (Phi) is 4.09. The molecule has 0 spiro atoms. The maximum atomic E-state index is 10.6. The minimum Gasteiger partial charge on any atom is -0.393 e. The number of nitro groups is 1. The van der Waals surface area contributed by atoms with E-state index in [1.807, 2.05) is 6.07 Å². The van der Waals surface area contributed by atoms with Gasteiger partial charge < -0.3 is 5.73 Å². The number of nitrogens with zero attached hydrogens (tertiary/aromatic N) is 1. The molecule has 0 aliphatic rings. The number of para-hydroxylation sites is 1. The molecule has 0 aromatic heterocycles. The summed E-state index contributed by atoms with van der Waals surface area (Å²) in [6.07, 6.45) is 4.11. The highest BCUT2D eigenvalue weighted by atomic mass is 16.6. The van der Waals surface area contributed by atoms with Crippen LogP contribution in [0.4, 0.5) is 11.4 Å². The number of unbranched alkanes of at least 4 members (excludes halogenated alkanes) is 2. The van der Waals surface area contributed by atoms with Crippen LogP contribution in [0.5, 0.6) is 0 Å². The lowest BCUT2D eigenvalue weighted by Gasteiger charge is -2.05. The van der Waals surface area contributed by atoms with Gasteiger partial charge in [-0.3, -0.25) is 10.1 Å². The molecular formula is C11H16N2O2. The van der Waals surface area contributed by atoms with E-state index < -0.39 is 4.92 Å². The van der Waals surface area contributed by atoms with E-state index >= 15 is 0 Å². The van der Waals surface area contributed by atoms with Gasteiger partial charge in [-0.2, -0.15) is 0 Å². The third-order valence-corrected chi connectivity index (χ3v) is 2.42. The molecule has 0 unspecified atom stereocenters. The van der Waals surface area contributed by atoms with Crippen LogP contribution in [0.3, 0.4) is 0 Å². The Hall–Kier alpha value is -1.58. The molecule has 4 heteroatoms. The second-order valence-corrected chi connectivity index (χ2v) is 3.56. The van der Waals surface area contributed by atoms with E-state index in [0.717, 1.165) is 31.2 Å². The van der Waals surface area contributed by atoms with E-state index in [9.17, 15) is 10.1 Å². The lowest BCUT2D eigenvalue weighted by atomic mass is 10.0. The second-order valence-electron chi connectivity index (χ2n) is 3.56. The fourth-order valence-electron chi connectivity index (χ4n) is 1.54. The Morgan fingerprint density at radius 2 is 2.13 bits per heavy atom. The average Bonchev–Trinajstić information content (AvgIpc) is 2.20. The molecule has 1 aromatic rings. The molecule has 0 atom stereocenters. The highest BCUT2D eigenvalue weighted by Gasteiger charge is 2.13. The number of nitrogens with two attached hydrogens (primary N) is 1. The van der Waals surface area contributed by atoms with E-state index in [1.165, 1.54) is 6.07 Å². The van der Waals surface area contributed by atoms with Crippen molar-refractivity contribution in [3.8, 4) is 0 Å². The molecule has 1 aromatic carbocycles. The largest absolute Gasteiger partial charge is 0.393 e. The van der Waals surface area contributed by atoms with Crippen LogP contribution in [0, 0.1) is 10.1 Å². The SMILES string of the molecule is CCCCCc1cccc([N+](=O)[O-])c1N. The van der Waals surface area contributed by atoms with Gasteiger partial charge in [-0.15, -0.1) is 0 Å². The number of nitrogen functional groups attached to an aromatic ring is 1. The molecule has 15 heavy (non-hydrogen) atoms. The van der Waals surface area contributed by atoms with Crippen molar-refractivity contribution in [3.63, 3.8) is 0 Å². The van der Waals surface area contributed by atoms with Gasteiger partial charge in [-0.1, -0.05) is 31.9 Å². The molecule has 0 heterocycles. The maximum absolute atomic E-state index is 10.6. The predicted molar refractivity (Wildman–Crippen MR) is 60.7 cm³/mol. The summed E-state index contributed by atoms with van der Waals surface area (Å²) in [6.45, 7) is 2.12. The molecule has 2 N–H and O–H groups in total. The quantitative estimate of drug-likeness (QED) is 0.350. The van der Waals surface area contributed by atoms with Crippen LogP contribution in [0.2, 0.25) is 0 Å². The number of hydrogen-bond donors (Lipinski definition) is 1. The van der Waals surface area contributed by atoms with Crippen molar-refractivity contribution in [1.29, 1.82) is 0 Å². The summed E-state index contributed by atoms with van der Waals surface area (Å²) in [5.41, 5.74) is 6.95. The normalized spacial score (nSPS) is 10.2. The predicted octanol–water partition coefficient (Wildman–Crippen LogP) is 2.91. The zero-order valence-electron chi connectivity index (χ0n) is 8.90. The number of aryl methyl sites for hydroxylation is 1. The van der Waals surface area contributed by atoms with Gasteiger partial charge >= 0.3 is 0 Å². The summed E-state index contributed by atoms with van der Waals surface area (Å²) in [7, 11) is 0. The Balaban J connectivity index is 2.80. The summed E-state index contributed by atoms with van der Waals surface area (Å²) in [5.74, 6) is 0. The zero-order chi connectivity index (χ0) is 11.3. The maximum Gasteiger partial charge on any atom is 0.292 e. The first kappa shape index (κ1) is 11.5. The molecule has 0 aliphatic carbocycles. The van der Waals surface area contributed by atoms with Crippen LogP contribution in [0.15, 0.2) is 18.2 Å². The molecule has 0 aliphatic heterocycles. The minimum atomic E-state index is -0.432. The van der Waals surface area contributed by atoms with Crippen molar-refractivity contribution < 1.29 is 4.92 Å². The number of benzene rings is 1. The first-order valence-electron chi connectivity index (χ1n) is 5.18. The fourth-order valence-corrected chi connectivity index (χ4v) is 1.54. The number of rotatable bonds is 5. The van der Waals surface area contributed by atoms with Crippen LogP contribution in [-0.2, 0) is 6.42 Å². The van der Waals surface area contributed by atoms with Gasteiger partial charge in [0.2, 0.25) is 0 Å². The van der Waals surface area contributed by atoms with Crippen LogP contribution in [0.1, 0.15) is 31.7 Å². The monoisotopic (exact) mass is 208 g/mol. The first-order chi connectivity index (χ1) is 7.16. The first-order valence-corrected chi connectivity index (χ1v) is 5.18. The molecular weight excluding hydrogens is 192 g/mol. The Morgan fingerprint density at radius 3 is 2.73 bits per heavy atom. The Morgan fingerprint density at radius 1 is 1.40 bits per heavy atom. The molecule has 82 valence electrons. The highest BCUT2D eigenvalue weighted by molar-refractivity contribution is 5.62. The summed E-state index contributed by atoms with van der Waals surface area (Å²) < 4.78 is 0. The van der Waals surface area contributed by atoms with E-state index in [-0.39, 0.29) is 5.69 Å². The van der Waals surface area contributed by atoms with Crippen molar-refractivity contribution in [1.82, 2.24) is 0 Å². The van der Waals surface area contributed by atoms with Crippen LogP contribution >= 0.6 is 0 Å². The van der Waals surface area contributed by atoms with Gasteiger partial charge in [-0.05, 0) is 18.4 Å². The van der Waals surface area contributed by atoms with E-state index in [2.05, 4.69) is 6.92 Å². The van der Waals surface area contributed by atoms with E-state index in [1.54, 1.807) is 6.07 Å². The standard InChI is InChI=1S/C11H16N2O2/c1-2-3-4-6-9-7-5-8-10(11(9)12)13(14)15/h5,7-8H,2-4,6,12H2,1H3. The van der Waals surface area contributed by atoms with Gasteiger partial charge in [0.15, 0.2) is 0 Å². The third kappa shape index (κ3) is 2.94. The van der Waals surface area contributed by atoms with Crippen LogP contribution < -0.4 is 5.73 Å². The van der Waals surface area contributed by atoms with Crippen molar-refractivity contribution in [2.75, 3.05) is 5.73 Å². The van der Waals surface area contributed by atoms with Crippen LogP contribution in [-0.4, -0.2) is 4.92 Å². The number of hydrogen-bond acceptors (Lipinski definition) is 3. The summed E-state index contributed by atoms with van der Waals surface area (Å²) in [6, 6.07) is 4.99. The van der Waals surface area contributed by atoms with Crippen molar-refractivity contribution in [3.05, 3.63) is 33.9 Å². The molecule has 0 saturated carbocycles.